The third-order valence-electron chi connectivity index (χ3n) is 1.09. The summed E-state index contributed by atoms with van der Waals surface area (Å²) in [6, 6.07) is 0. The Hall–Kier alpha value is -0.120. The maximum Gasteiger partial charge on any atom is 0.154 e. The monoisotopic (exact) mass is 148 g/mol. The number of aliphatic hydroxyl groups excluding tert-OH is 1. The Morgan fingerprint density at radius 2 is 2.00 bits per heavy atom. The number of ether oxygens (including phenoxy) is 2. The fourth-order valence-electron chi connectivity index (χ4n) is 0.505. The summed E-state index contributed by atoms with van der Waals surface area (Å²) in [6.07, 6.45) is 0.00650. The zero-order chi connectivity index (χ0) is 7.82. The van der Waals surface area contributed by atoms with Crippen molar-refractivity contribution in [3.05, 3.63) is 0 Å². The van der Waals surface area contributed by atoms with E-state index < -0.39 is 6.29 Å². The number of hydrogen-bond donors (Lipinski definition) is 1. The average molecular weight is 148 g/mol. The molecule has 1 N–H and O–H groups in total. The number of hydrogen-bond acceptors (Lipinski definition) is 3. The lowest BCUT2D eigenvalue weighted by atomic mass is 10.5. The van der Waals surface area contributed by atoms with Gasteiger partial charge in [-0.05, 0) is 13.3 Å². The van der Waals surface area contributed by atoms with Crippen molar-refractivity contribution in [1.29, 1.82) is 0 Å². The van der Waals surface area contributed by atoms with Crippen LogP contribution in [0.4, 0.5) is 0 Å². The molecule has 0 aromatic heterocycles. The minimum absolute atomic E-state index is 0.475. The van der Waals surface area contributed by atoms with Crippen molar-refractivity contribution < 1.29 is 14.6 Å². The minimum Gasteiger partial charge on any atom is -0.379 e. The van der Waals surface area contributed by atoms with Gasteiger partial charge in [-0.1, -0.05) is 6.92 Å². The second-order valence-corrected chi connectivity index (χ2v) is 1.93. The van der Waals surface area contributed by atoms with E-state index in [2.05, 4.69) is 0 Å². The molecule has 0 aromatic rings. The predicted octanol–water partition coefficient (Wildman–Crippen LogP) is 0.768. The van der Waals surface area contributed by atoms with Gasteiger partial charge in [-0.3, -0.25) is 0 Å². The van der Waals surface area contributed by atoms with Crippen molar-refractivity contribution in [3.63, 3.8) is 0 Å². The van der Waals surface area contributed by atoms with E-state index in [0.717, 1.165) is 0 Å². The van der Waals surface area contributed by atoms with E-state index >= 15 is 0 Å². The standard InChI is InChI=1S/C7H16O3/c1-3-7(8)10-6-5-9-4-2/h7-8H,3-6H2,1-2H3. The van der Waals surface area contributed by atoms with Crippen LogP contribution in [-0.2, 0) is 9.47 Å². The first-order valence-electron chi connectivity index (χ1n) is 3.68. The summed E-state index contributed by atoms with van der Waals surface area (Å²) in [5.41, 5.74) is 0. The summed E-state index contributed by atoms with van der Waals surface area (Å²) >= 11 is 0. The van der Waals surface area contributed by atoms with Crippen LogP contribution in [0.5, 0.6) is 0 Å². The highest BCUT2D eigenvalue weighted by Crippen LogP contribution is 1.91. The highest BCUT2D eigenvalue weighted by atomic mass is 16.6. The molecule has 0 aliphatic heterocycles. The maximum absolute atomic E-state index is 8.88. The molecular formula is C7H16O3. The lowest BCUT2D eigenvalue weighted by molar-refractivity contribution is -0.112. The van der Waals surface area contributed by atoms with Crippen molar-refractivity contribution in [2.75, 3.05) is 19.8 Å². The van der Waals surface area contributed by atoms with Gasteiger partial charge in [0.1, 0.15) is 0 Å². The van der Waals surface area contributed by atoms with Crippen molar-refractivity contribution in [2.45, 2.75) is 26.6 Å². The molecule has 1 unspecified atom stereocenters. The molecule has 62 valence electrons. The van der Waals surface area contributed by atoms with E-state index in [-0.39, 0.29) is 0 Å². The summed E-state index contributed by atoms with van der Waals surface area (Å²) in [6.45, 7) is 5.53. The maximum atomic E-state index is 8.88. The summed E-state index contributed by atoms with van der Waals surface area (Å²) in [5.74, 6) is 0. The normalized spacial score (nSPS) is 13.5. The largest absolute Gasteiger partial charge is 0.379 e. The molecule has 3 heteroatoms. The van der Waals surface area contributed by atoms with E-state index in [0.29, 0.717) is 26.2 Å². The highest BCUT2D eigenvalue weighted by molar-refractivity contribution is 4.34. The Labute approximate surface area is 62.0 Å². The van der Waals surface area contributed by atoms with Crippen LogP contribution in [0.3, 0.4) is 0 Å². The Morgan fingerprint density at radius 3 is 2.50 bits per heavy atom. The molecule has 0 rings (SSSR count). The molecule has 3 nitrogen and oxygen atoms in total. The van der Waals surface area contributed by atoms with Crippen LogP contribution in [0.2, 0.25) is 0 Å². The van der Waals surface area contributed by atoms with Gasteiger partial charge in [-0.15, -0.1) is 0 Å². The first-order chi connectivity index (χ1) is 4.81. The average Bonchev–Trinajstić information content (AvgIpc) is 1.98. The Balaban J connectivity index is 2.89. The Bertz CT molecular complexity index is 65.9. The summed E-state index contributed by atoms with van der Waals surface area (Å²) in [4.78, 5) is 0. The van der Waals surface area contributed by atoms with Gasteiger partial charge in [0.2, 0.25) is 0 Å². The fraction of sp³-hybridized carbons (Fsp3) is 1.00. The minimum atomic E-state index is -0.625. The van der Waals surface area contributed by atoms with Crippen molar-refractivity contribution in [2.24, 2.45) is 0 Å². The van der Waals surface area contributed by atoms with Gasteiger partial charge in [-0.2, -0.15) is 0 Å². The van der Waals surface area contributed by atoms with Gasteiger partial charge in [0, 0.05) is 6.61 Å². The van der Waals surface area contributed by atoms with E-state index in [1.54, 1.807) is 0 Å². The molecule has 0 aliphatic rings. The van der Waals surface area contributed by atoms with Gasteiger partial charge in [0.05, 0.1) is 13.2 Å². The lowest BCUT2D eigenvalue weighted by Crippen LogP contribution is -2.14. The van der Waals surface area contributed by atoms with Crippen LogP contribution in [0.1, 0.15) is 20.3 Å². The van der Waals surface area contributed by atoms with Gasteiger partial charge in [-0.25, -0.2) is 0 Å². The van der Waals surface area contributed by atoms with E-state index in [9.17, 15) is 0 Å². The van der Waals surface area contributed by atoms with Gasteiger partial charge >= 0.3 is 0 Å². The van der Waals surface area contributed by atoms with E-state index in [4.69, 9.17) is 14.6 Å². The summed E-state index contributed by atoms with van der Waals surface area (Å²) < 4.78 is 9.92. The summed E-state index contributed by atoms with van der Waals surface area (Å²) in [7, 11) is 0. The van der Waals surface area contributed by atoms with Crippen LogP contribution in [-0.4, -0.2) is 31.2 Å². The zero-order valence-corrected chi connectivity index (χ0v) is 6.67. The molecule has 0 aromatic carbocycles. The zero-order valence-electron chi connectivity index (χ0n) is 6.67. The van der Waals surface area contributed by atoms with Crippen LogP contribution in [0.15, 0.2) is 0 Å². The van der Waals surface area contributed by atoms with Gasteiger partial charge in [0.25, 0.3) is 0 Å². The van der Waals surface area contributed by atoms with Crippen molar-refractivity contribution in [3.8, 4) is 0 Å². The molecule has 0 heterocycles. The Morgan fingerprint density at radius 1 is 1.30 bits per heavy atom. The second-order valence-electron chi connectivity index (χ2n) is 1.93. The van der Waals surface area contributed by atoms with Crippen LogP contribution in [0.25, 0.3) is 0 Å². The van der Waals surface area contributed by atoms with Crippen molar-refractivity contribution in [1.82, 2.24) is 0 Å². The number of aliphatic hydroxyl groups is 1. The van der Waals surface area contributed by atoms with Crippen LogP contribution >= 0.6 is 0 Å². The molecule has 0 saturated heterocycles. The first-order valence-corrected chi connectivity index (χ1v) is 3.68. The molecule has 0 amide bonds. The predicted molar refractivity (Wildman–Crippen MR) is 38.7 cm³/mol. The molecule has 0 saturated carbocycles. The first kappa shape index (κ1) is 9.88. The Kier molecular flexibility index (Phi) is 6.91. The third-order valence-corrected chi connectivity index (χ3v) is 1.09. The molecule has 0 spiro atoms. The molecule has 0 aliphatic carbocycles. The third kappa shape index (κ3) is 6.01. The van der Waals surface area contributed by atoms with E-state index in [1.807, 2.05) is 13.8 Å². The molecule has 0 radical (unpaired) electrons. The highest BCUT2D eigenvalue weighted by Gasteiger charge is 1.97. The van der Waals surface area contributed by atoms with Crippen molar-refractivity contribution >= 4 is 0 Å². The molecule has 10 heavy (non-hydrogen) atoms. The quantitative estimate of drug-likeness (QED) is 0.446. The number of rotatable bonds is 6. The molecule has 1 atom stereocenters. The molecule has 0 fully saturated rings. The molecule has 0 bridgehead atoms. The van der Waals surface area contributed by atoms with Gasteiger partial charge in [0.15, 0.2) is 6.29 Å². The lowest BCUT2D eigenvalue weighted by Gasteiger charge is -2.08. The topological polar surface area (TPSA) is 38.7 Å². The second kappa shape index (κ2) is 6.99. The smallest absolute Gasteiger partial charge is 0.154 e. The molecular weight excluding hydrogens is 132 g/mol. The van der Waals surface area contributed by atoms with Crippen LogP contribution < -0.4 is 0 Å². The van der Waals surface area contributed by atoms with E-state index in [1.165, 1.54) is 0 Å². The fourth-order valence-corrected chi connectivity index (χ4v) is 0.505. The summed E-state index contributed by atoms with van der Waals surface area (Å²) in [5, 5.41) is 8.88. The SMILES string of the molecule is CCOCCOC(O)CC. The van der Waals surface area contributed by atoms with Gasteiger partial charge < -0.3 is 14.6 Å². The van der Waals surface area contributed by atoms with Crippen LogP contribution in [0, 0.1) is 0 Å².